The number of carbonyl (C=O) groups excluding carboxylic acids is 2. The summed E-state index contributed by atoms with van der Waals surface area (Å²) < 4.78 is 5.20. The van der Waals surface area contributed by atoms with E-state index in [-0.39, 0.29) is 11.8 Å². The molecule has 0 aromatic carbocycles. The zero-order chi connectivity index (χ0) is 19.3. The Bertz CT molecular complexity index is 807. The first kappa shape index (κ1) is 18.5. The topological polar surface area (TPSA) is 82.8 Å². The molecule has 0 atom stereocenters. The Morgan fingerprint density at radius 2 is 1.57 bits per heavy atom. The van der Waals surface area contributed by atoms with Crippen molar-refractivity contribution < 1.29 is 14.0 Å². The van der Waals surface area contributed by atoms with Crippen LogP contribution in [0.15, 0.2) is 35.1 Å². The number of anilines is 1. The van der Waals surface area contributed by atoms with Crippen LogP contribution < -0.4 is 4.90 Å². The molecule has 4 rings (SSSR count). The number of hydrogen-bond acceptors (Lipinski definition) is 6. The van der Waals surface area contributed by atoms with Crippen molar-refractivity contribution in [1.29, 1.82) is 0 Å². The normalized spacial score (nSPS) is 18.1. The predicted octanol–water partition coefficient (Wildman–Crippen LogP) is 2.05. The molecule has 0 spiro atoms. The van der Waals surface area contributed by atoms with Crippen molar-refractivity contribution in [2.24, 2.45) is 0 Å². The van der Waals surface area contributed by atoms with Crippen molar-refractivity contribution in [2.75, 3.05) is 44.2 Å². The molecule has 8 nitrogen and oxygen atoms in total. The van der Waals surface area contributed by atoms with Crippen LogP contribution in [0, 0.1) is 0 Å². The first-order valence-electron chi connectivity index (χ1n) is 9.92. The average molecular weight is 383 g/mol. The standard InChI is InChI=1S/C20H25N5O3/c26-18(23-9-3-1-2-4-10-23)16-7-8-21-20(22-16)25-13-11-24(12-14-25)19(27)17-6-5-15-28-17/h5-8,15H,1-4,9-14H2. The third-order valence-corrected chi connectivity index (χ3v) is 5.34. The highest BCUT2D eigenvalue weighted by Crippen LogP contribution is 2.16. The molecule has 0 radical (unpaired) electrons. The maximum atomic E-state index is 12.8. The third-order valence-electron chi connectivity index (χ3n) is 5.34. The Kier molecular flexibility index (Phi) is 5.55. The molecule has 2 aliphatic rings. The first-order chi connectivity index (χ1) is 13.7. The van der Waals surface area contributed by atoms with Crippen molar-refractivity contribution >= 4 is 17.8 Å². The number of furan rings is 1. The van der Waals surface area contributed by atoms with Crippen LogP contribution in [0.2, 0.25) is 0 Å². The molecule has 28 heavy (non-hydrogen) atoms. The number of likely N-dealkylation sites (tertiary alicyclic amines) is 1. The van der Waals surface area contributed by atoms with Crippen molar-refractivity contribution in [3.05, 3.63) is 42.1 Å². The van der Waals surface area contributed by atoms with Crippen molar-refractivity contribution in [3.8, 4) is 0 Å². The van der Waals surface area contributed by atoms with Gasteiger partial charge in [0.25, 0.3) is 11.8 Å². The molecule has 0 saturated carbocycles. The Morgan fingerprint density at radius 1 is 0.857 bits per heavy atom. The second-order valence-corrected chi connectivity index (χ2v) is 7.20. The molecular formula is C20H25N5O3. The van der Waals surface area contributed by atoms with Gasteiger partial charge in [-0.15, -0.1) is 0 Å². The van der Waals surface area contributed by atoms with Crippen molar-refractivity contribution in [3.63, 3.8) is 0 Å². The lowest BCUT2D eigenvalue weighted by Crippen LogP contribution is -2.49. The van der Waals surface area contributed by atoms with Crippen LogP contribution in [0.4, 0.5) is 5.95 Å². The van der Waals surface area contributed by atoms with Gasteiger partial charge < -0.3 is 19.1 Å². The zero-order valence-electron chi connectivity index (χ0n) is 15.9. The van der Waals surface area contributed by atoms with E-state index in [1.807, 2.05) is 9.80 Å². The van der Waals surface area contributed by atoms with Gasteiger partial charge in [-0.25, -0.2) is 9.97 Å². The summed E-state index contributed by atoms with van der Waals surface area (Å²) in [6, 6.07) is 5.08. The van der Waals surface area contributed by atoms with Gasteiger partial charge in [0.2, 0.25) is 5.95 Å². The molecule has 2 amide bonds. The lowest BCUT2D eigenvalue weighted by molar-refractivity contribution is 0.0714. The maximum absolute atomic E-state index is 12.8. The zero-order valence-corrected chi connectivity index (χ0v) is 15.9. The molecule has 2 saturated heterocycles. The Balaban J connectivity index is 1.39. The quantitative estimate of drug-likeness (QED) is 0.807. The number of aromatic nitrogens is 2. The number of nitrogens with zero attached hydrogens (tertiary/aromatic N) is 5. The van der Waals surface area contributed by atoms with E-state index in [1.165, 1.54) is 19.1 Å². The fourth-order valence-electron chi connectivity index (χ4n) is 3.72. The molecule has 2 fully saturated rings. The molecule has 148 valence electrons. The van der Waals surface area contributed by atoms with E-state index in [1.54, 1.807) is 29.3 Å². The molecule has 2 aromatic heterocycles. The summed E-state index contributed by atoms with van der Waals surface area (Å²) in [5.74, 6) is 0.786. The van der Waals surface area contributed by atoms with E-state index in [0.717, 1.165) is 25.9 Å². The van der Waals surface area contributed by atoms with Crippen LogP contribution in [0.25, 0.3) is 0 Å². The summed E-state index contributed by atoms with van der Waals surface area (Å²) in [6.45, 7) is 3.96. The second-order valence-electron chi connectivity index (χ2n) is 7.20. The van der Waals surface area contributed by atoms with Gasteiger partial charge in [-0.05, 0) is 31.0 Å². The minimum atomic E-state index is -0.101. The van der Waals surface area contributed by atoms with Gasteiger partial charge in [-0.3, -0.25) is 9.59 Å². The lowest BCUT2D eigenvalue weighted by Gasteiger charge is -2.34. The maximum Gasteiger partial charge on any atom is 0.289 e. The van der Waals surface area contributed by atoms with Crippen LogP contribution in [0.1, 0.15) is 46.7 Å². The SMILES string of the molecule is O=C(c1ccnc(N2CCN(C(=O)c3ccco3)CC2)n1)N1CCCCCC1. The Hall–Kier alpha value is -2.90. The molecule has 0 aliphatic carbocycles. The van der Waals surface area contributed by atoms with Crippen LogP contribution in [0.3, 0.4) is 0 Å². The Morgan fingerprint density at radius 3 is 2.25 bits per heavy atom. The van der Waals surface area contributed by atoms with Gasteiger partial charge in [-0.1, -0.05) is 12.8 Å². The molecule has 4 heterocycles. The predicted molar refractivity (Wildman–Crippen MR) is 103 cm³/mol. The van der Waals surface area contributed by atoms with Gasteiger partial charge in [0.05, 0.1) is 6.26 Å². The first-order valence-corrected chi connectivity index (χ1v) is 9.92. The molecule has 2 aliphatic heterocycles. The molecule has 0 unspecified atom stereocenters. The van der Waals surface area contributed by atoms with E-state index in [4.69, 9.17) is 4.42 Å². The summed E-state index contributed by atoms with van der Waals surface area (Å²) in [5.41, 5.74) is 0.445. The van der Waals surface area contributed by atoms with Crippen molar-refractivity contribution in [2.45, 2.75) is 25.7 Å². The van der Waals surface area contributed by atoms with E-state index in [0.29, 0.717) is 43.6 Å². The van der Waals surface area contributed by atoms with Gasteiger partial charge in [0, 0.05) is 45.5 Å². The average Bonchev–Trinajstić information content (AvgIpc) is 3.15. The molecular weight excluding hydrogens is 358 g/mol. The van der Waals surface area contributed by atoms with E-state index < -0.39 is 0 Å². The monoisotopic (exact) mass is 383 g/mol. The smallest absolute Gasteiger partial charge is 0.289 e. The minimum Gasteiger partial charge on any atom is -0.459 e. The van der Waals surface area contributed by atoms with Crippen LogP contribution in [0.5, 0.6) is 0 Å². The highest BCUT2D eigenvalue weighted by Gasteiger charge is 2.26. The summed E-state index contributed by atoms with van der Waals surface area (Å²) in [5, 5.41) is 0. The van der Waals surface area contributed by atoms with Gasteiger partial charge in [-0.2, -0.15) is 0 Å². The number of piperazine rings is 1. The van der Waals surface area contributed by atoms with Gasteiger partial charge in [0.1, 0.15) is 5.69 Å². The van der Waals surface area contributed by atoms with Crippen LogP contribution >= 0.6 is 0 Å². The molecule has 8 heteroatoms. The highest BCUT2D eigenvalue weighted by molar-refractivity contribution is 5.92. The van der Waals surface area contributed by atoms with E-state index in [9.17, 15) is 9.59 Å². The highest BCUT2D eigenvalue weighted by atomic mass is 16.3. The number of rotatable bonds is 3. The summed E-state index contributed by atoms with van der Waals surface area (Å²) >= 11 is 0. The van der Waals surface area contributed by atoms with Crippen molar-refractivity contribution in [1.82, 2.24) is 19.8 Å². The van der Waals surface area contributed by atoms with E-state index in [2.05, 4.69) is 9.97 Å². The van der Waals surface area contributed by atoms with E-state index >= 15 is 0 Å². The summed E-state index contributed by atoms with van der Waals surface area (Å²) in [6.07, 6.45) is 7.61. The largest absolute Gasteiger partial charge is 0.459 e. The minimum absolute atomic E-state index is 0.0165. The lowest BCUT2D eigenvalue weighted by atomic mass is 10.2. The van der Waals surface area contributed by atoms with Gasteiger partial charge in [0.15, 0.2) is 5.76 Å². The van der Waals surface area contributed by atoms with Crippen LogP contribution in [-0.2, 0) is 0 Å². The second kappa shape index (κ2) is 8.41. The number of amides is 2. The molecule has 0 bridgehead atoms. The van der Waals surface area contributed by atoms with Crippen LogP contribution in [-0.4, -0.2) is 70.9 Å². The molecule has 2 aromatic rings. The third kappa shape index (κ3) is 4.00. The number of carbonyl (C=O) groups is 2. The van der Waals surface area contributed by atoms with Gasteiger partial charge >= 0.3 is 0 Å². The summed E-state index contributed by atoms with van der Waals surface area (Å²) in [4.78, 5) is 39.8. The number of hydrogen-bond donors (Lipinski definition) is 0. The Labute approximate surface area is 164 Å². The fraction of sp³-hybridized carbons (Fsp3) is 0.500. The molecule has 0 N–H and O–H groups in total. The summed E-state index contributed by atoms with van der Waals surface area (Å²) in [7, 11) is 0. The fourth-order valence-corrected chi connectivity index (χ4v) is 3.72.